The lowest BCUT2D eigenvalue weighted by atomic mass is 10.1. The molecule has 134 valence electrons. The lowest BCUT2D eigenvalue weighted by molar-refractivity contribution is -0.126. The van der Waals surface area contributed by atoms with Gasteiger partial charge in [0.05, 0.1) is 25.3 Å². The molecule has 1 heterocycles. The maximum Gasteiger partial charge on any atom is 0.270 e. The van der Waals surface area contributed by atoms with E-state index in [1.165, 1.54) is 26.4 Å². The first-order valence-electron chi connectivity index (χ1n) is 7.99. The molecule has 0 radical (unpaired) electrons. The van der Waals surface area contributed by atoms with Crippen LogP contribution in [0.4, 0.5) is 5.69 Å². The molecule has 1 aliphatic rings. The zero-order chi connectivity index (χ0) is 18.8. The van der Waals surface area contributed by atoms with Crippen molar-refractivity contribution in [2.75, 3.05) is 20.0 Å². The van der Waals surface area contributed by atoms with E-state index in [2.05, 4.69) is 0 Å². The first-order valence-corrected chi connectivity index (χ1v) is 7.99. The highest BCUT2D eigenvalue weighted by atomic mass is 16.5. The Morgan fingerprint density at radius 1 is 1.04 bits per heavy atom. The predicted molar refractivity (Wildman–Crippen MR) is 94.2 cm³/mol. The second-order valence-corrected chi connectivity index (χ2v) is 5.80. The van der Waals surface area contributed by atoms with Crippen LogP contribution in [0.5, 0.6) is 11.5 Å². The Hall–Kier alpha value is -3.35. The summed E-state index contributed by atoms with van der Waals surface area (Å²) in [5.41, 5.74) is 7.05. The van der Waals surface area contributed by atoms with Crippen molar-refractivity contribution in [3.05, 3.63) is 53.1 Å². The monoisotopic (exact) mass is 354 g/mol. The summed E-state index contributed by atoms with van der Waals surface area (Å²) in [6.45, 7) is 0. The normalized spacial score (nSPS) is 12.9. The average Bonchev–Trinajstić information content (AvgIpc) is 2.91. The van der Waals surface area contributed by atoms with Crippen LogP contribution in [0.25, 0.3) is 0 Å². The first-order chi connectivity index (χ1) is 12.5. The molecule has 0 fully saturated rings. The number of ether oxygens (including phenoxy) is 2. The van der Waals surface area contributed by atoms with Gasteiger partial charge in [0.2, 0.25) is 5.91 Å². The van der Waals surface area contributed by atoms with E-state index in [0.29, 0.717) is 22.8 Å². The molecule has 7 nitrogen and oxygen atoms in total. The summed E-state index contributed by atoms with van der Waals surface area (Å²) in [4.78, 5) is 38.0. The predicted octanol–water partition coefficient (Wildman–Crippen LogP) is 2.04. The fourth-order valence-corrected chi connectivity index (χ4v) is 2.94. The summed E-state index contributed by atoms with van der Waals surface area (Å²) in [5.74, 6) is -0.732. The van der Waals surface area contributed by atoms with E-state index in [1.54, 1.807) is 24.3 Å². The van der Waals surface area contributed by atoms with E-state index in [9.17, 15) is 14.4 Å². The highest BCUT2D eigenvalue weighted by Crippen LogP contribution is 2.30. The fourth-order valence-electron chi connectivity index (χ4n) is 2.94. The van der Waals surface area contributed by atoms with Crippen LogP contribution < -0.4 is 15.2 Å². The van der Waals surface area contributed by atoms with E-state index >= 15 is 0 Å². The van der Waals surface area contributed by atoms with E-state index in [-0.39, 0.29) is 23.2 Å². The van der Waals surface area contributed by atoms with Crippen LogP contribution in [0, 0.1) is 0 Å². The number of fused-ring (bicyclic) bond motifs is 1. The second kappa shape index (κ2) is 6.87. The standard InChI is InChI=1S/C19H18N2O5/c1-25-14-8-6-11(10-15(14)26-2)7-9-16(22)21-18(23)12-4-3-5-13(20)17(12)19(21)24/h3-6,8,10H,7,9,20H2,1-2H3. The van der Waals surface area contributed by atoms with Crippen molar-refractivity contribution < 1.29 is 23.9 Å². The van der Waals surface area contributed by atoms with Crippen LogP contribution in [-0.2, 0) is 11.2 Å². The maximum atomic E-state index is 12.5. The number of amides is 3. The molecule has 0 bridgehead atoms. The zero-order valence-corrected chi connectivity index (χ0v) is 14.4. The van der Waals surface area contributed by atoms with Crippen molar-refractivity contribution in [2.24, 2.45) is 0 Å². The third-order valence-corrected chi connectivity index (χ3v) is 4.27. The van der Waals surface area contributed by atoms with Gasteiger partial charge in [0, 0.05) is 12.1 Å². The molecule has 3 rings (SSSR count). The van der Waals surface area contributed by atoms with Crippen LogP contribution in [-0.4, -0.2) is 36.8 Å². The summed E-state index contributed by atoms with van der Waals surface area (Å²) in [7, 11) is 3.06. The number of nitrogens with zero attached hydrogens (tertiary/aromatic N) is 1. The van der Waals surface area contributed by atoms with Crippen LogP contribution in [0.1, 0.15) is 32.7 Å². The molecule has 2 aromatic rings. The molecule has 26 heavy (non-hydrogen) atoms. The number of aryl methyl sites for hydroxylation is 1. The minimum absolute atomic E-state index is 0.000850. The zero-order valence-electron chi connectivity index (χ0n) is 14.4. The fraction of sp³-hybridized carbons (Fsp3) is 0.211. The summed E-state index contributed by atoms with van der Waals surface area (Å²) in [5, 5.41) is 0. The van der Waals surface area contributed by atoms with Gasteiger partial charge in [0.1, 0.15) is 0 Å². The van der Waals surface area contributed by atoms with Crippen molar-refractivity contribution in [2.45, 2.75) is 12.8 Å². The Morgan fingerprint density at radius 2 is 1.77 bits per heavy atom. The van der Waals surface area contributed by atoms with E-state index in [4.69, 9.17) is 15.2 Å². The molecule has 2 aromatic carbocycles. The number of hydrogen-bond donors (Lipinski definition) is 1. The molecule has 1 aliphatic heterocycles. The smallest absolute Gasteiger partial charge is 0.270 e. The van der Waals surface area contributed by atoms with Gasteiger partial charge in [-0.15, -0.1) is 0 Å². The number of rotatable bonds is 5. The van der Waals surface area contributed by atoms with Crippen molar-refractivity contribution in [3.8, 4) is 11.5 Å². The average molecular weight is 354 g/mol. The van der Waals surface area contributed by atoms with Gasteiger partial charge in [0.15, 0.2) is 11.5 Å². The number of anilines is 1. The van der Waals surface area contributed by atoms with Crippen molar-refractivity contribution in [1.82, 2.24) is 4.90 Å². The molecule has 0 saturated carbocycles. The van der Waals surface area contributed by atoms with E-state index < -0.39 is 17.7 Å². The number of nitrogen functional groups attached to an aromatic ring is 1. The molecule has 0 atom stereocenters. The van der Waals surface area contributed by atoms with E-state index in [0.717, 1.165) is 5.56 Å². The minimum atomic E-state index is -0.666. The summed E-state index contributed by atoms with van der Waals surface area (Å²) in [6.07, 6.45) is 0.350. The summed E-state index contributed by atoms with van der Waals surface area (Å²) < 4.78 is 10.4. The Kier molecular flexibility index (Phi) is 4.62. The Labute approximate surface area is 150 Å². The van der Waals surface area contributed by atoms with Gasteiger partial charge in [-0.25, -0.2) is 4.90 Å². The second-order valence-electron chi connectivity index (χ2n) is 5.80. The number of carbonyl (C=O) groups excluding carboxylic acids is 3. The number of nitrogens with two attached hydrogens (primary N) is 1. The van der Waals surface area contributed by atoms with Gasteiger partial charge < -0.3 is 15.2 Å². The van der Waals surface area contributed by atoms with Crippen molar-refractivity contribution >= 4 is 23.4 Å². The first kappa shape index (κ1) is 17.5. The van der Waals surface area contributed by atoms with Crippen LogP contribution in [0.15, 0.2) is 36.4 Å². The Balaban J connectivity index is 1.75. The number of methoxy groups -OCH3 is 2. The lowest BCUT2D eigenvalue weighted by Gasteiger charge is -2.13. The number of imide groups is 3. The number of hydrogen-bond acceptors (Lipinski definition) is 6. The van der Waals surface area contributed by atoms with Gasteiger partial charge in [-0.2, -0.15) is 0 Å². The molecule has 0 unspecified atom stereocenters. The van der Waals surface area contributed by atoms with Gasteiger partial charge in [-0.05, 0) is 36.2 Å². The third kappa shape index (κ3) is 2.88. The quantitative estimate of drug-likeness (QED) is 0.652. The molecule has 3 amide bonds. The van der Waals surface area contributed by atoms with Crippen LogP contribution in [0.3, 0.4) is 0 Å². The van der Waals surface area contributed by atoms with Gasteiger partial charge in [-0.1, -0.05) is 12.1 Å². The Bertz CT molecular complexity index is 907. The van der Waals surface area contributed by atoms with Gasteiger partial charge >= 0.3 is 0 Å². The van der Waals surface area contributed by atoms with Crippen LogP contribution in [0.2, 0.25) is 0 Å². The maximum absolute atomic E-state index is 12.5. The topological polar surface area (TPSA) is 98.9 Å². The van der Waals surface area contributed by atoms with Gasteiger partial charge in [-0.3, -0.25) is 14.4 Å². The molecule has 0 aliphatic carbocycles. The summed E-state index contributed by atoms with van der Waals surface area (Å²) in [6, 6.07) is 9.90. The SMILES string of the molecule is COc1ccc(CCC(=O)N2C(=O)c3cccc(N)c3C2=O)cc1OC. The summed E-state index contributed by atoms with van der Waals surface area (Å²) >= 11 is 0. The largest absolute Gasteiger partial charge is 0.493 e. The molecule has 0 aromatic heterocycles. The lowest BCUT2D eigenvalue weighted by Crippen LogP contribution is -2.36. The molecular weight excluding hydrogens is 336 g/mol. The number of benzene rings is 2. The van der Waals surface area contributed by atoms with Crippen molar-refractivity contribution in [1.29, 1.82) is 0 Å². The molecule has 2 N–H and O–H groups in total. The molecule has 0 spiro atoms. The number of carbonyl (C=O) groups is 3. The molecule has 7 heteroatoms. The molecule has 0 saturated heterocycles. The van der Waals surface area contributed by atoms with Crippen LogP contribution >= 0.6 is 0 Å². The highest BCUT2D eigenvalue weighted by Gasteiger charge is 2.40. The minimum Gasteiger partial charge on any atom is -0.493 e. The third-order valence-electron chi connectivity index (χ3n) is 4.27. The van der Waals surface area contributed by atoms with E-state index in [1.807, 2.05) is 0 Å². The van der Waals surface area contributed by atoms with Crippen molar-refractivity contribution in [3.63, 3.8) is 0 Å². The molecular formula is C19H18N2O5. The Morgan fingerprint density at radius 3 is 2.42 bits per heavy atom. The van der Waals surface area contributed by atoms with Gasteiger partial charge in [0.25, 0.3) is 11.8 Å². The highest BCUT2D eigenvalue weighted by molar-refractivity contribution is 6.30.